The van der Waals surface area contributed by atoms with Crippen molar-refractivity contribution < 1.29 is 19.0 Å². The van der Waals surface area contributed by atoms with Crippen molar-refractivity contribution in [2.75, 3.05) is 13.2 Å². The molecule has 0 saturated heterocycles. The highest BCUT2D eigenvalue weighted by atomic mass is 16.5. The van der Waals surface area contributed by atoms with Gasteiger partial charge in [0.2, 0.25) is 0 Å². The van der Waals surface area contributed by atoms with Crippen molar-refractivity contribution in [2.24, 2.45) is 0 Å². The third-order valence-corrected chi connectivity index (χ3v) is 4.37. The number of hydrogen-bond acceptors (Lipinski definition) is 4. The van der Waals surface area contributed by atoms with E-state index < -0.39 is 6.10 Å². The molecule has 1 aliphatic heterocycles. The molecule has 138 valence electrons. The summed E-state index contributed by atoms with van der Waals surface area (Å²) in [7, 11) is 0. The summed E-state index contributed by atoms with van der Waals surface area (Å²) in [4.78, 5) is 12.6. The standard InChI is InChI=1S/C21H25NO4/c1-4-24-18-11-10-15(12-19(18)25-5-2)14(3)22-21(23)20-13-16-8-6-7-9-17(16)26-20/h6-12,14,20H,4-5,13H2,1-3H3,(H,22,23)/t14-,20+/m1/s1. The molecule has 0 spiro atoms. The van der Waals surface area contributed by atoms with Crippen LogP contribution in [0.5, 0.6) is 17.2 Å². The number of nitrogens with one attached hydrogen (secondary N) is 1. The van der Waals surface area contributed by atoms with Crippen molar-refractivity contribution in [3.05, 3.63) is 53.6 Å². The van der Waals surface area contributed by atoms with E-state index in [1.54, 1.807) is 0 Å². The Labute approximate surface area is 154 Å². The Morgan fingerprint density at radius 1 is 1.15 bits per heavy atom. The lowest BCUT2D eigenvalue weighted by Crippen LogP contribution is -2.38. The number of rotatable bonds is 7. The number of para-hydroxylation sites is 1. The van der Waals surface area contributed by atoms with Gasteiger partial charge in [-0.3, -0.25) is 4.79 Å². The Balaban J connectivity index is 1.67. The maximum atomic E-state index is 12.6. The Hall–Kier alpha value is -2.69. The topological polar surface area (TPSA) is 56.8 Å². The van der Waals surface area contributed by atoms with Crippen molar-refractivity contribution in [3.8, 4) is 17.2 Å². The van der Waals surface area contributed by atoms with Gasteiger partial charge in [0.05, 0.1) is 19.3 Å². The molecule has 2 aromatic carbocycles. The lowest BCUT2D eigenvalue weighted by atomic mass is 10.1. The molecule has 0 aliphatic carbocycles. The summed E-state index contributed by atoms with van der Waals surface area (Å²) in [5, 5.41) is 3.03. The molecule has 1 heterocycles. The van der Waals surface area contributed by atoms with E-state index in [4.69, 9.17) is 14.2 Å². The second-order valence-electron chi connectivity index (χ2n) is 6.22. The minimum Gasteiger partial charge on any atom is -0.490 e. The zero-order valence-electron chi connectivity index (χ0n) is 15.5. The Kier molecular flexibility index (Phi) is 5.66. The lowest BCUT2D eigenvalue weighted by molar-refractivity contribution is -0.127. The largest absolute Gasteiger partial charge is 0.490 e. The molecule has 26 heavy (non-hydrogen) atoms. The summed E-state index contributed by atoms with van der Waals surface area (Å²) in [6.45, 7) is 6.95. The van der Waals surface area contributed by atoms with E-state index in [1.807, 2.05) is 63.2 Å². The predicted octanol–water partition coefficient (Wildman–Crippen LogP) is 3.66. The van der Waals surface area contributed by atoms with Gasteiger partial charge in [0, 0.05) is 6.42 Å². The van der Waals surface area contributed by atoms with Crippen LogP contribution >= 0.6 is 0 Å². The summed E-state index contributed by atoms with van der Waals surface area (Å²) in [6.07, 6.45) is 0.117. The fraction of sp³-hybridized carbons (Fsp3) is 0.381. The van der Waals surface area contributed by atoms with Crippen LogP contribution in [0.25, 0.3) is 0 Å². The van der Waals surface area contributed by atoms with Gasteiger partial charge in [-0.2, -0.15) is 0 Å². The first-order valence-corrected chi connectivity index (χ1v) is 9.06. The van der Waals surface area contributed by atoms with Gasteiger partial charge in [-0.1, -0.05) is 24.3 Å². The molecule has 0 fully saturated rings. The molecule has 2 aromatic rings. The SMILES string of the molecule is CCOc1ccc([C@@H](C)NC(=O)[C@@H]2Cc3ccccc3O2)cc1OCC. The zero-order valence-corrected chi connectivity index (χ0v) is 15.5. The minimum absolute atomic E-state index is 0.111. The van der Waals surface area contributed by atoms with E-state index in [2.05, 4.69) is 5.32 Å². The second-order valence-corrected chi connectivity index (χ2v) is 6.22. The van der Waals surface area contributed by atoms with Crippen LogP contribution < -0.4 is 19.5 Å². The second kappa shape index (κ2) is 8.13. The third kappa shape index (κ3) is 3.93. The van der Waals surface area contributed by atoms with Gasteiger partial charge in [0.25, 0.3) is 5.91 Å². The smallest absolute Gasteiger partial charge is 0.261 e. The highest BCUT2D eigenvalue weighted by Gasteiger charge is 2.29. The quantitative estimate of drug-likeness (QED) is 0.823. The molecule has 3 rings (SSSR count). The molecule has 1 aliphatic rings. The van der Waals surface area contributed by atoms with Crippen LogP contribution in [-0.4, -0.2) is 25.2 Å². The normalized spacial score (nSPS) is 16.3. The van der Waals surface area contributed by atoms with Gasteiger partial charge in [-0.25, -0.2) is 0 Å². The first-order valence-electron chi connectivity index (χ1n) is 9.06. The molecular formula is C21H25NO4. The number of fused-ring (bicyclic) bond motifs is 1. The van der Waals surface area contributed by atoms with Gasteiger partial charge in [-0.15, -0.1) is 0 Å². The molecule has 2 atom stereocenters. The monoisotopic (exact) mass is 355 g/mol. The molecule has 0 unspecified atom stereocenters. The number of carbonyl (C=O) groups excluding carboxylic acids is 1. The van der Waals surface area contributed by atoms with Crippen molar-refractivity contribution in [3.63, 3.8) is 0 Å². The number of hydrogen-bond donors (Lipinski definition) is 1. The van der Waals surface area contributed by atoms with Crippen LogP contribution in [0, 0.1) is 0 Å². The van der Waals surface area contributed by atoms with E-state index in [0.29, 0.717) is 31.1 Å². The van der Waals surface area contributed by atoms with E-state index >= 15 is 0 Å². The van der Waals surface area contributed by atoms with E-state index in [-0.39, 0.29) is 11.9 Å². The molecule has 0 radical (unpaired) electrons. The average Bonchev–Trinajstić information content (AvgIpc) is 3.08. The first kappa shape index (κ1) is 18.1. The number of benzene rings is 2. The highest BCUT2D eigenvalue weighted by Crippen LogP contribution is 2.31. The van der Waals surface area contributed by atoms with E-state index in [0.717, 1.165) is 16.9 Å². The average molecular weight is 355 g/mol. The van der Waals surface area contributed by atoms with Gasteiger partial charge < -0.3 is 19.5 Å². The van der Waals surface area contributed by atoms with E-state index in [9.17, 15) is 4.79 Å². The molecule has 5 nitrogen and oxygen atoms in total. The number of carbonyl (C=O) groups is 1. The van der Waals surface area contributed by atoms with Gasteiger partial charge in [0.15, 0.2) is 17.6 Å². The molecular weight excluding hydrogens is 330 g/mol. The van der Waals surface area contributed by atoms with Gasteiger partial charge in [-0.05, 0) is 50.1 Å². The number of amides is 1. The maximum absolute atomic E-state index is 12.6. The van der Waals surface area contributed by atoms with Crippen LogP contribution in [-0.2, 0) is 11.2 Å². The fourth-order valence-electron chi connectivity index (χ4n) is 3.06. The summed E-state index contributed by atoms with van der Waals surface area (Å²) >= 11 is 0. The first-order chi connectivity index (χ1) is 12.6. The molecule has 1 amide bonds. The van der Waals surface area contributed by atoms with Crippen molar-refractivity contribution in [1.29, 1.82) is 0 Å². The minimum atomic E-state index is -0.482. The summed E-state index contributed by atoms with van der Waals surface area (Å²) in [5.74, 6) is 2.09. The van der Waals surface area contributed by atoms with Crippen LogP contribution in [0.3, 0.4) is 0 Å². The summed E-state index contributed by atoms with van der Waals surface area (Å²) < 4.78 is 17.0. The van der Waals surface area contributed by atoms with Crippen molar-refractivity contribution in [1.82, 2.24) is 5.32 Å². The van der Waals surface area contributed by atoms with E-state index in [1.165, 1.54) is 0 Å². The predicted molar refractivity (Wildman–Crippen MR) is 99.9 cm³/mol. The van der Waals surface area contributed by atoms with Gasteiger partial charge in [0.1, 0.15) is 5.75 Å². The van der Waals surface area contributed by atoms with Crippen LogP contribution in [0.2, 0.25) is 0 Å². The molecule has 0 bridgehead atoms. The summed E-state index contributed by atoms with van der Waals surface area (Å²) in [5.41, 5.74) is 2.03. The zero-order chi connectivity index (χ0) is 18.5. The van der Waals surface area contributed by atoms with Crippen LogP contribution in [0.15, 0.2) is 42.5 Å². The molecule has 0 aromatic heterocycles. The fourth-order valence-corrected chi connectivity index (χ4v) is 3.06. The molecule has 1 N–H and O–H groups in total. The third-order valence-electron chi connectivity index (χ3n) is 4.37. The lowest BCUT2D eigenvalue weighted by Gasteiger charge is -2.19. The van der Waals surface area contributed by atoms with Crippen LogP contribution in [0.4, 0.5) is 0 Å². The Bertz CT molecular complexity index is 749. The maximum Gasteiger partial charge on any atom is 0.261 e. The molecule has 0 saturated carbocycles. The van der Waals surface area contributed by atoms with Crippen molar-refractivity contribution >= 4 is 5.91 Å². The number of ether oxygens (including phenoxy) is 3. The summed E-state index contributed by atoms with van der Waals surface area (Å²) in [6, 6.07) is 13.3. The molecule has 5 heteroatoms. The highest BCUT2D eigenvalue weighted by molar-refractivity contribution is 5.83. The van der Waals surface area contributed by atoms with Crippen LogP contribution in [0.1, 0.15) is 37.9 Å². The Morgan fingerprint density at radius 2 is 1.88 bits per heavy atom. The van der Waals surface area contributed by atoms with Gasteiger partial charge >= 0.3 is 0 Å². The Morgan fingerprint density at radius 3 is 2.62 bits per heavy atom. The van der Waals surface area contributed by atoms with Crippen molar-refractivity contribution in [2.45, 2.75) is 39.3 Å².